The maximum Gasteiger partial charge on any atom is 0.239 e. The fourth-order valence-corrected chi connectivity index (χ4v) is 5.03. The van der Waals surface area contributed by atoms with E-state index in [1.807, 2.05) is 0 Å². The standard InChI is InChI=1S/C19H28N4O2.ClH/c24-19(16-10-13-4-1-2-6-15(13)20-16)23-9-3-5-14(11-23)17-21-18(25-22-17)12-7-8-12;/h12-16,20H,1-11H2;1H. The lowest BCUT2D eigenvalue weighted by molar-refractivity contribution is -0.134. The Bertz CT molecular complexity index is 633. The Kier molecular flexibility index (Phi) is 5.24. The van der Waals surface area contributed by atoms with Gasteiger partial charge in [0.25, 0.3) is 0 Å². The molecule has 2 aliphatic carbocycles. The first-order valence-electron chi connectivity index (χ1n) is 10.2. The zero-order valence-corrected chi connectivity index (χ0v) is 16.0. The average molecular weight is 381 g/mol. The molecule has 2 aliphatic heterocycles. The maximum atomic E-state index is 13.0. The number of halogens is 1. The van der Waals surface area contributed by atoms with Crippen LogP contribution in [0.1, 0.15) is 81.3 Å². The number of likely N-dealkylation sites (tertiary alicyclic amines) is 1. The van der Waals surface area contributed by atoms with Crippen LogP contribution in [0, 0.1) is 5.92 Å². The minimum absolute atomic E-state index is 0. The molecule has 144 valence electrons. The number of hydrogen-bond donors (Lipinski definition) is 1. The summed E-state index contributed by atoms with van der Waals surface area (Å²) in [5.74, 6) is 3.35. The van der Waals surface area contributed by atoms with Gasteiger partial charge in [-0.15, -0.1) is 12.4 Å². The first kappa shape index (κ1) is 18.2. The van der Waals surface area contributed by atoms with Gasteiger partial charge in [-0.3, -0.25) is 4.79 Å². The van der Waals surface area contributed by atoms with Crippen molar-refractivity contribution in [3.63, 3.8) is 0 Å². The van der Waals surface area contributed by atoms with Gasteiger partial charge in [0.2, 0.25) is 11.8 Å². The second-order valence-corrected chi connectivity index (χ2v) is 8.49. The van der Waals surface area contributed by atoms with E-state index in [0.717, 1.165) is 44.1 Å². The van der Waals surface area contributed by atoms with Crippen LogP contribution in [0.25, 0.3) is 0 Å². The van der Waals surface area contributed by atoms with Crippen molar-refractivity contribution in [3.05, 3.63) is 11.7 Å². The van der Waals surface area contributed by atoms with Crippen LogP contribution >= 0.6 is 12.4 Å². The van der Waals surface area contributed by atoms with Crippen LogP contribution in [-0.2, 0) is 4.79 Å². The van der Waals surface area contributed by atoms with Crippen LogP contribution in [0.15, 0.2) is 4.52 Å². The number of rotatable bonds is 3. The molecule has 0 spiro atoms. The van der Waals surface area contributed by atoms with E-state index < -0.39 is 0 Å². The van der Waals surface area contributed by atoms with E-state index in [-0.39, 0.29) is 24.4 Å². The maximum absolute atomic E-state index is 13.0. The SMILES string of the molecule is Cl.O=C(C1CC2CCCCC2N1)N1CCCC(c2noc(C3CC3)n2)C1. The van der Waals surface area contributed by atoms with Crippen molar-refractivity contribution in [2.75, 3.05) is 13.1 Å². The molecule has 0 radical (unpaired) electrons. The first-order valence-corrected chi connectivity index (χ1v) is 10.2. The van der Waals surface area contributed by atoms with Gasteiger partial charge in [-0.1, -0.05) is 18.0 Å². The zero-order valence-electron chi connectivity index (χ0n) is 15.2. The van der Waals surface area contributed by atoms with E-state index in [2.05, 4.69) is 20.4 Å². The summed E-state index contributed by atoms with van der Waals surface area (Å²) in [5, 5.41) is 7.84. The molecule has 2 saturated carbocycles. The lowest BCUT2D eigenvalue weighted by Crippen LogP contribution is -2.48. The van der Waals surface area contributed by atoms with Crippen LogP contribution in [-0.4, -0.2) is 46.1 Å². The lowest BCUT2D eigenvalue weighted by atomic mass is 9.85. The fraction of sp³-hybridized carbons (Fsp3) is 0.842. The van der Waals surface area contributed by atoms with Crippen molar-refractivity contribution >= 4 is 18.3 Å². The van der Waals surface area contributed by atoms with Gasteiger partial charge in [-0.05, 0) is 50.9 Å². The number of aromatic nitrogens is 2. The molecule has 5 rings (SSSR count). The van der Waals surface area contributed by atoms with Crippen molar-refractivity contribution < 1.29 is 9.32 Å². The highest BCUT2D eigenvalue weighted by molar-refractivity contribution is 5.85. The Balaban J connectivity index is 0.00000168. The molecule has 0 bridgehead atoms. The topological polar surface area (TPSA) is 71.3 Å². The Morgan fingerprint density at radius 2 is 1.92 bits per heavy atom. The van der Waals surface area contributed by atoms with Crippen molar-refractivity contribution in [2.24, 2.45) is 5.92 Å². The Morgan fingerprint density at radius 3 is 2.73 bits per heavy atom. The predicted octanol–water partition coefficient (Wildman–Crippen LogP) is 3.00. The number of hydrogen-bond acceptors (Lipinski definition) is 5. The minimum atomic E-state index is 0. The van der Waals surface area contributed by atoms with E-state index in [0.29, 0.717) is 23.8 Å². The van der Waals surface area contributed by atoms with Crippen molar-refractivity contribution in [1.29, 1.82) is 0 Å². The van der Waals surface area contributed by atoms with Crippen molar-refractivity contribution in [1.82, 2.24) is 20.4 Å². The van der Waals surface area contributed by atoms with Crippen LogP contribution in [0.5, 0.6) is 0 Å². The summed E-state index contributed by atoms with van der Waals surface area (Å²) < 4.78 is 5.42. The molecule has 4 unspecified atom stereocenters. The molecule has 0 aromatic carbocycles. The number of piperidine rings is 1. The van der Waals surface area contributed by atoms with E-state index in [1.165, 1.54) is 38.5 Å². The third-order valence-electron chi connectivity index (χ3n) is 6.64. The molecule has 2 saturated heterocycles. The number of carbonyl (C=O) groups is 1. The smallest absolute Gasteiger partial charge is 0.239 e. The van der Waals surface area contributed by atoms with Gasteiger partial charge in [0.1, 0.15) is 0 Å². The number of amides is 1. The largest absolute Gasteiger partial charge is 0.341 e. The van der Waals surface area contributed by atoms with Crippen LogP contribution in [0.4, 0.5) is 0 Å². The number of carbonyl (C=O) groups excluding carboxylic acids is 1. The van der Waals surface area contributed by atoms with Gasteiger partial charge < -0.3 is 14.7 Å². The van der Waals surface area contributed by atoms with Gasteiger partial charge in [-0.25, -0.2) is 0 Å². The Morgan fingerprint density at radius 1 is 1.08 bits per heavy atom. The number of nitrogens with zero attached hydrogens (tertiary/aromatic N) is 3. The summed E-state index contributed by atoms with van der Waals surface area (Å²) in [5.41, 5.74) is 0. The molecule has 4 fully saturated rings. The van der Waals surface area contributed by atoms with E-state index in [4.69, 9.17) is 4.52 Å². The predicted molar refractivity (Wildman–Crippen MR) is 99.4 cm³/mol. The summed E-state index contributed by atoms with van der Waals surface area (Å²) >= 11 is 0. The number of fused-ring (bicyclic) bond motifs is 1. The third-order valence-corrected chi connectivity index (χ3v) is 6.64. The normalized spacial score (nSPS) is 34.2. The Labute approximate surface area is 160 Å². The minimum Gasteiger partial charge on any atom is -0.341 e. The molecule has 4 atom stereocenters. The van der Waals surface area contributed by atoms with Gasteiger partial charge in [-0.2, -0.15) is 4.98 Å². The molecule has 4 aliphatic rings. The number of nitrogens with one attached hydrogen (secondary N) is 1. The molecule has 6 nitrogen and oxygen atoms in total. The summed E-state index contributed by atoms with van der Waals surface area (Å²) in [6, 6.07) is 0.598. The second kappa shape index (κ2) is 7.47. The summed E-state index contributed by atoms with van der Waals surface area (Å²) in [6.07, 6.45) is 10.6. The van der Waals surface area contributed by atoms with E-state index >= 15 is 0 Å². The van der Waals surface area contributed by atoms with E-state index in [9.17, 15) is 4.79 Å². The monoisotopic (exact) mass is 380 g/mol. The molecule has 3 heterocycles. The molecule has 1 aromatic rings. The van der Waals surface area contributed by atoms with Crippen LogP contribution < -0.4 is 5.32 Å². The molecule has 1 aromatic heterocycles. The molecule has 7 heteroatoms. The molecular formula is C19H29ClN4O2. The van der Waals surface area contributed by atoms with Crippen molar-refractivity contribution in [2.45, 2.75) is 81.7 Å². The highest BCUT2D eigenvalue weighted by Gasteiger charge is 2.41. The van der Waals surface area contributed by atoms with E-state index in [1.54, 1.807) is 0 Å². The Hall–Kier alpha value is -1.14. The molecule has 1 amide bonds. The van der Waals surface area contributed by atoms with Gasteiger partial charge in [0, 0.05) is 31.0 Å². The highest BCUT2D eigenvalue weighted by atomic mass is 35.5. The summed E-state index contributed by atoms with van der Waals surface area (Å²) in [6.45, 7) is 1.62. The van der Waals surface area contributed by atoms with Crippen molar-refractivity contribution in [3.8, 4) is 0 Å². The van der Waals surface area contributed by atoms with Gasteiger partial charge >= 0.3 is 0 Å². The third kappa shape index (κ3) is 3.50. The van der Waals surface area contributed by atoms with Crippen LogP contribution in [0.3, 0.4) is 0 Å². The highest BCUT2D eigenvalue weighted by Crippen LogP contribution is 2.40. The second-order valence-electron chi connectivity index (χ2n) is 8.49. The summed E-state index contributed by atoms with van der Waals surface area (Å²) in [4.78, 5) is 19.7. The van der Waals surface area contributed by atoms with Gasteiger partial charge in [0.05, 0.1) is 6.04 Å². The quantitative estimate of drug-likeness (QED) is 0.872. The lowest BCUT2D eigenvalue weighted by Gasteiger charge is -2.33. The summed E-state index contributed by atoms with van der Waals surface area (Å²) in [7, 11) is 0. The zero-order chi connectivity index (χ0) is 16.8. The fourth-order valence-electron chi connectivity index (χ4n) is 5.03. The molecule has 26 heavy (non-hydrogen) atoms. The molecule has 1 N–H and O–H groups in total. The first-order chi connectivity index (χ1) is 12.3. The molecular weight excluding hydrogens is 352 g/mol. The average Bonchev–Trinajstić information content (AvgIpc) is 3.22. The van der Waals surface area contributed by atoms with Gasteiger partial charge in [0.15, 0.2) is 5.82 Å². The van der Waals surface area contributed by atoms with Crippen LogP contribution in [0.2, 0.25) is 0 Å².